The molecule has 0 bridgehead atoms. The molecule has 0 aliphatic heterocycles. The number of hydrogen-bond donors (Lipinski definition) is 1. The Hall–Kier alpha value is -2.26. The summed E-state index contributed by atoms with van der Waals surface area (Å²) in [5.41, 5.74) is 9.74. The molecule has 0 aliphatic carbocycles. The molecule has 2 N–H and O–H groups in total. The van der Waals surface area contributed by atoms with E-state index in [4.69, 9.17) is 21.9 Å². The third kappa shape index (κ3) is 2.28. The van der Waals surface area contributed by atoms with Gasteiger partial charge in [-0.15, -0.1) is 0 Å². The minimum absolute atomic E-state index is 0.364. The summed E-state index contributed by atoms with van der Waals surface area (Å²) in [6.45, 7) is 2.04. The number of benzene rings is 2. The van der Waals surface area contributed by atoms with E-state index in [1.54, 1.807) is 0 Å². The van der Waals surface area contributed by atoms with Crippen LogP contribution in [0.3, 0.4) is 0 Å². The van der Waals surface area contributed by atoms with E-state index in [9.17, 15) is 0 Å². The van der Waals surface area contributed by atoms with Gasteiger partial charge < -0.3 is 10.3 Å². The maximum atomic E-state index is 6.04. The third-order valence-electron chi connectivity index (χ3n) is 3.15. The van der Waals surface area contributed by atoms with Crippen molar-refractivity contribution >= 4 is 17.4 Å². The molecule has 0 atom stereocenters. The van der Waals surface area contributed by atoms with Crippen LogP contribution in [0.5, 0.6) is 0 Å². The van der Waals surface area contributed by atoms with Gasteiger partial charge in [0.15, 0.2) is 11.6 Å². The Kier molecular flexibility index (Phi) is 3.20. The molecular weight excluding hydrogens is 272 g/mol. The first-order chi connectivity index (χ1) is 9.65. The monoisotopic (exact) mass is 284 g/mol. The van der Waals surface area contributed by atoms with Crippen molar-refractivity contribution in [1.82, 2.24) is 5.16 Å². The van der Waals surface area contributed by atoms with E-state index < -0.39 is 0 Å². The molecule has 20 heavy (non-hydrogen) atoms. The zero-order valence-electron chi connectivity index (χ0n) is 10.9. The van der Waals surface area contributed by atoms with E-state index in [0.717, 1.165) is 16.7 Å². The second-order valence-electron chi connectivity index (χ2n) is 4.65. The lowest BCUT2D eigenvalue weighted by molar-refractivity contribution is 0.436. The zero-order valence-corrected chi connectivity index (χ0v) is 11.7. The van der Waals surface area contributed by atoms with Gasteiger partial charge in [-0.05, 0) is 24.6 Å². The fourth-order valence-corrected chi connectivity index (χ4v) is 2.32. The van der Waals surface area contributed by atoms with E-state index in [1.165, 1.54) is 5.56 Å². The largest absolute Gasteiger partial charge is 0.380 e. The molecule has 0 unspecified atom stereocenters. The van der Waals surface area contributed by atoms with Gasteiger partial charge in [0.2, 0.25) is 0 Å². The Morgan fingerprint density at radius 1 is 1.05 bits per heavy atom. The lowest BCUT2D eigenvalue weighted by atomic mass is 10.0. The normalized spacial score (nSPS) is 10.7. The van der Waals surface area contributed by atoms with Crippen LogP contribution in [-0.2, 0) is 0 Å². The summed E-state index contributed by atoms with van der Waals surface area (Å²) in [7, 11) is 0. The van der Waals surface area contributed by atoms with Gasteiger partial charge in [0.1, 0.15) is 0 Å². The maximum absolute atomic E-state index is 6.04. The van der Waals surface area contributed by atoms with Gasteiger partial charge in [-0.3, -0.25) is 0 Å². The minimum atomic E-state index is 0.364. The molecule has 0 radical (unpaired) electrons. The quantitative estimate of drug-likeness (QED) is 0.751. The number of rotatable bonds is 2. The number of nitrogen functional groups attached to an aromatic ring is 1. The first kappa shape index (κ1) is 12.8. The van der Waals surface area contributed by atoms with Gasteiger partial charge in [-0.2, -0.15) is 0 Å². The Morgan fingerprint density at radius 2 is 1.80 bits per heavy atom. The number of anilines is 1. The maximum Gasteiger partial charge on any atom is 0.176 e. The third-order valence-corrected chi connectivity index (χ3v) is 3.38. The number of halogens is 1. The predicted octanol–water partition coefficient (Wildman–Crippen LogP) is 4.55. The highest BCUT2D eigenvalue weighted by atomic mass is 35.5. The smallest absolute Gasteiger partial charge is 0.176 e. The van der Waals surface area contributed by atoms with Crippen molar-refractivity contribution in [3.8, 4) is 22.5 Å². The number of nitrogens with two attached hydrogens (primary N) is 1. The molecule has 0 aliphatic rings. The van der Waals surface area contributed by atoms with Gasteiger partial charge >= 0.3 is 0 Å². The van der Waals surface area contributed by atoms with Crippen LogP contribution in [0, 0.1) is 6.92 Å². The molecule has 0 amide bonds. The summed E-state index contributed by atoms with van der Waals surface area (Å²) >= 11 is 6.04. The van der Waals surface area contributed by atoms with Gasteiger partial charge in [0, 0.05) is 10.6 Å². The van der Waals surface area contributed by atoms with Crippen molar-refractivity contribution in [2.45, 2.75) is 6.92 Å². The second-order valence-corrected chi connectivity index (χ2v) is 5.08. The molecular formula is C16H13ClN2O. The average Bonchev–Trinajstić information content (AvgIpc) is 2.81. The van der Waals surface area contributed by atoms with Crippen LogP contribution < -0.4 is 5.73 Å². The molecule has 1 heterocycles. The highest BCUT2D eigenvalue weighted by molar-refractivity contribution is 6.30. The topological polar surface area (TPSA) is 52.0 Å². The van der Waals surface area contributed by atoms with E-state index in [0.29, 0.717) is 16.6 Å². The number of aryl methyl sites for hydroxylation is 1. The van der Waals surface area contributed by atoms with Gasteiger partial charge in [-0.25, -0.2) is 0 Å². The molecule has 2 aromatic carbocycles. The lowest BCUT2D eigenvalue weighted by Gasteiger charge is -2.04. The lowest BCUT2D eigenvalue weighted by Crippen LogP contribution is -1.89. The fourth-order valence-electron chi connectivity index (χ4n) is 2.13. The van der Waals surface area contributed by atoms with Crippen LogP contribution in [0.15, 0.2) is 53.1 Å². The van der Waals surface area contributed by atoms with Gasteiger partial charge in [-0.1, -0.05) is 58.7 Å². The van der Waals surface area contributed by atoms with Crippen LogP contribution in [0.25, 0.3) is 22.5 Å². The SMILES string of the molecule is Cc1ccc(-c2onc(N)c2-c2cccc(Cl)c2)cc1. The van der Waals surface area contributed by atoms with Crippen LogP contribution >= 0.6 is 11.6 Å². The highest BCUT2D eigenvalue weighted by Gasteiger charge is 2.17. The Bertz CT molecular complexity index is 747. The fraction of sp³-hybridized carbons (Fsp3) is 0.0625. The molecule has 100 valence electrons. The second kappa shape index (κ2) is 5.02. The van der Waals surface area contributed by atoms with E-state index in [-0.39, 0.29) is 0 Å². The molecule has 0 fully saturated rings. The summed E-state index contributed by atoms with van der Waals surface area (Å²) in [5, 5.41) is 4.53. The summed E-state index contributed by atoms with van der Waals surface area (Å²) in [5.74, 6) is 1.02. The van der Waals surface area contributed by atoms with Crippen LogP contribution in [-0.4, -0.2) is 5.16 Å². The summed E-state index contributed by atoms with van der Waals surface area (Å²) in [6.07, 6.45) is 0. The van der Waals surface area contributed by atoms with Crippen molar-refractivity contribution in [3.63, 3.8) is 0 Å². The number of nitrogens with zero attached hydrogens (tertiary/aromatic N) is 1. The van der Waals surface area contributed by atoms with Gasteiger partial charge in [0.25, 0.3) is 0 Å². The molecule has 1 aromatic heterocycles. The van der Waals surface area contributed by atoms with Crippen molar-refractivity contribution in [2.24, 2.45) is 0 Å². The zero-order chi connectivity index (χ0) is 14.1. The van der Waals surface area contributed by atoms with E-state index in [2.05, 4.69) is 5.16 Å². The minimum Gasteiger partial charge on any atom is -0.380 e. The summed E-state index contributed by atoms with van der Waals surface area (Å²) in [4.78, 5) is 0. The molecule has 0 saturated heterocycles. The van der Waals surface area contributed by atoms with Gasteiger partial charge in [0.05, 0.1) is 5.56 Å². The van der Waals surface area contributed by atoms with E-state index in [1.807, 2.05) is 55.5 Å². The van der Waals surface area contributed by atoms with Crippen molar-refractivity contribution in [2.75, 3.05) is 5.73 Å². The first-order valence-corrected chi connectivity index (χ1v) is 6.61. The van der Waals surface area contributed by atoms with Crippen LogP contribution in [0.2, 0.25) is 5.02 Å². The molecule has 3 nitrogen and oxygen atoms in total. The standard InChI is InChI=1S/C16H13ClN2O/c1-10-5-7-11(8-6-10)15-14(16(18)19-20-15)12-3-2-4-13(17)9-12/h2-9H,1H3,(H2,18,19). The Labute approximate surface area is 122 Å². The molecule has 0 saturated carbocycles. The Balaban J connectivity index is 2.17. The predicted molar refractivity (Wildman–Crippen MR) is 81.5 cm³/mol. The van der Waals surface area contributed by atoms with Crippen molar-refractivity contribution < 1.29 is 4.52 Å². The summed E-state index contributed by atoms with van der Waals surface area (Å²) < 4.78 is 5.40. The van der Waals surface area contributed by atoms with E-state index >= 15 is 0 Å². The molecule has 0 spiro atoms. The summed E-state index contributed by atoms with van der Waals surface area (Å²) in [6, 6.07) is 15.5. The highest BCUT2D eigenvalue weighted by Crippen LogP contribution is 2.37. The number of hydrogen-bond acceptors (Lipinski definition) is 3. The number of aromatic nitrogens is 1. The van der Waals surface area contributed by atoms with Crippen LogP contribution in [0.1, 0.15) is 5.56 Å². The average molecular weight is 285 g/mol. The molecule has 3 aromatic rings. The molecule has 4 heteroatoms. The Morgan fingerprint density at radius 3 is 2.50 bits per heavy atom. The first-order valence-electron chi connectivity index (χ1n) is 6.23. The van der Waals surface area contributed by atoms with Crippen LogP contribution in [0.4, 0.5) is 5.82 Å². The van der Waals surface area contributed by atoms with Crippen molar-refractivity contribution in [1.29, 1.82) is 0 Å². The van der Waals surface area contributed by atoms with Crippen molar-refractivity contribution in [3.05, 3.63) is 59.1 Å². The molecule has 3 rings (SSSR count).